The number of aromatic amines is 1. The van der Waals surface area contributed by atoms with Crippen LogP contribution in [0.25, 0.3) is 0 Å². The Morgan fingerprint density at radius 3 is 3.06 bits per heavy atom. The van der Waals surface area contributed by atoms with Gasteiger partial charge in [-0.3, -0.25) is 4.79 Å². The molecule has 0 radical (unpaired) electrons. The highest BCUT2D eigenvalue weighted by Crippen LogP contribution is 2.14. The van der Waals surface area contributed by atoms with E-state index in [4.69, 9.17) is 5.73 Å². The van der Waals surface area contributed by atoms with Crippen LogP contribution in [-0.2, 0) is 6.54 Å². The van der Waals surface area contributed by atoms with E-state index in [9.17, 15) is 4.79 Å². The summed E-state index contributed by atoms with van der Waals surface area (Å²) < 4.78 is 0. The molecular weight excluding hydrogens is 224 g/mol. The summed E-state index contributed by atoms with van der Waals surface area (Å²) in [4.78, 5) is 17.8. The number of rotatable bonds is 3. The van der Waals surface area contributed by atoms with Crippen molar-refractivity contribution < 1.29 is 0 Å². The van der Waals surface area contributed by atoms with Crippen molar-refractivity contribution in [3.8, 4) is 0 Å². The number of anilines is 2. The summed E-state index contributed by atoms with van der Waals surface area (Å²) in [5, 5.41) is 4.93. The van der Waals surface area contributed by atoms with Crippen LogP contribution in [-0.4, -0.2) is 9.97 Å². The van der Waals surface area contributed by atoms with Gasteiger partial charge in [0, 0.05) is 11.1 Å². The summed E-state index contributed by atoms with van der Waals surface area (Å²) >= 11 is 1.15. The second-order valence-electron chi connectivity index (χ2n) is 3.46. The smallest absolute Gasteiger partial charge is 0.304 e. The zero-order valence-corrected chi connectivity index (χ0v) is 9.60. The van der Waals surface area contributed by atoms with Crippen molar-refractivity contribution in [1.29, 1.82) is 0 Å². The van der Waals surface area contributed by atoms with Crippen molar-refractivity contribution >= 4 is 22.8 Å². The first kappa shape index (κ1) is 10.7. The third-order valence-corrected chi connectivity index (χ3v) is 2.84. The average molecular weight is 236 g/mol. The molecule has 2 rings (SSSR count). The molecule has 5 nitrogen and oxygen atoms in total. The van der Waals surface area contributed by atoms with Crippen LogP contribution < -0.4 is 15.9 Å². The van der Waals surface area contributed by atoms with E-state index in [1.807, 2.05) is 13.0 Å². The summed E-state index contributed by atoms with van der Waals surface area (Å²) in [6.45, 7) is 2.48. The number of nitrogen functional groups attached to an aromatic ring is 1. The van der Waals surface area contributed by atoms with Gasteiger partial charge in [0.05, 0.1) is 18.4 Å². The Kier molecular flexibility index (Phi) is 2.91. The first-order chi connectivity index (χ1) is 7.65. The van der Waals surface area contributed by atoms with Gasteiger partial charge in [-0.15, -0.1) is 0 Å². The van der Waals surface area contributed by atoms with Gasteiger partial charge in [0.1, 0.15) is 5.82 Å². The van der Waals surface area contributed by atoms with Crippen molar-refractivity contribution in [2.75, 3.05) is 11.1 Å². The Hall–Kier alpha value is -1.82. The van der Waals surface area contributed by atoms with Gasteiger partial charge in [0.15, 0.2) is 0 Å². The van der Waals surface area contributed by atoms with Gasteiger partial charge in [-0.25, -0.2) is 4.98 Å². The molecule has 6 heteroatoms. The highest BCUT2D eigenvalue weighted by atomic mass is 32.1. The monoisotopic (exact) mass is 236 g/mol. The molecule has 0 atom stereocenters. The lowest BCUT2D eigenvalue weighted by Gasteiger charge is -2.07. The van der Waals surface area contributed by atoms with Crippen LogP contribution in [0.3, 0.4) is 0 Å². The van der Waals surface area contributed by atoms with Crippen molar-refractivity contribution in [2.24, 2.45) is 0 Å². The zero-order valence-electron chi connectivity index (χ0n) is 8.78. The van der Waals surface area contributed by atoms with Crippen LogP contribution in [0.1, 0.15) is 11.3 Å². The number of thiazole rings is 1. The number of aryl methyl sites for hydroxylation is 1. The van der Waals surface area contributed by atoms with Crippen LogP contribution in [0, 0.1) is 6.92 Å². The summed E-state index contributed by atoms with van der Waals surface area (Å²) in [7, 11) is 0. The van der Waals surface area contributed by atoms with Crippen molar-refractivity contribution in [3.05, 3.63) is 38.6 Å². The molecule has 0 saturated carbocycles. The number of nitrogens with two attached hydrogens (primary N) is 1. The van der Waals surface area contributed by atoms with Crippen molar-refractivity contribution in [1.82, 2.24) is 9.97 Å². The largest absolute Gasteiger partial charge is 0.397 e. The maximum absolute atomic E-state index is 10.9. The predicted octanol–water partition coefficient (Wildman–Crippen LogP) is 1.33. The molecule has 84 valence electrons. The Morgan fingerprint density at radius 2 is 2.44 bits per heavy atom. The third-order valence-electron chi connectivity index (χ3n) is 2.12. The number of nitrogens with one attached hydrogen (secondary N) is 2. The molecule has 0 spiro atoms. The molecule has 0 bridgehead atoms. The normalized spacial score (nSPS) is 10.3. The first-order valence-electron chi connectivity index (χ1n) is 4.78. The molecule has 2 aromatic heterocycles. The van der Waals surface area contributed by atoms with E-state index in [1.165, 1.54) is 0 Å². The lowest BCUT2D eigenvalue weighted by molar-refractivity contribution is 1.03. The number of pyridine rings is 1. The van der Waals surface area contributed by atoms with E-state index in [0.29, 0.717) is 12.2 Å². The molecule has 0 unspecified atom stereocenters. The molecule has 2 aromatic rings. The minimum atomic E-state index is -0.0428. The minimum absolute atomic E-state index is 0.0428. The average Bonchev–Trinajstić information content (AvgIpc) is 2.63. The minimum Gasteiger partial charge on any atom is -0.397 e. The van der Waals surface area contributed by atoms with Crippen molar-refractivity contribution in [2.45, 2.75) is 13.5 Å². The van der Waals surface area contributed by atoms with Crippen LogP contribution in [0.15, 0.2) is 22.4 Å². The van der Waals surface area contributed by atoms with Gasteiger partial charge in [0.25, 0.3) is 0 Å². The fourth-order valence-corrected chi connectivity index (χ4v) is 1.94. The Bertz CT molecular complexity index is 546. The molecule has 0 aliphatic heterocycles. The van der Waals surface area contributed by atoms with Gasteiger partial charge < -0.3 is 16.0 Å². The molecule has 2 heterocycles. The highest BCUT2D eigenvalue weighted by Gasteiger charge is 2.01. The number of nitrogens with zero attached hydrogens (tertiary/aromatic N) is 1. The summed E-state index contributed by atoms with van der Waals surface area (Å²) in [5.41, 5.74) is 8.09. The molecule has 16 heavy (non-hydrogen) atoms. The van der Waals surface area contributed by atoms with E-state index in [1.54, 1.807) is 11.6 Å². The SMILES string of the molecule is Cc1cc(N)cnc1NCc1csc(=O)[nH]1. The molecule has 0 aliphatic carbocycles. The summed E-state index contributed by atoms with van der Waals surface area (Å²) in [6, 6.07) is 1.85. The molecule has 0 amide bonds. The van der Waals surface area contributed by atoms with Gasteiger partial charge in [0.2, 0.25) is 0 Å². The van der Waals surface area contributed by atoms with Gasteiger partial charge in [-0.05, 0) is 18.6 Å². The molecule has 0 saturated heterocycles. The Morgan fingerprint density at radius 1 is 1.62 bits per heavy atom. The summed E-state index contributed by atoms with van der Waals surface area (Å²) in [5.74, 6) is 0.779. The molecule has 4 N–H and O–H groups in total. The Balaban J connectivity index is 2.07. The second-order valence-corrected chi connectivity index (χ2v) is 4.30. The third kappa shape index (κ3) is 2.40. The molecule has 0 fully saturated rings. The van der Waals surface area contributed by atoms with Crippen LogP contribution in [0.5, 0.6) is 0 Å². The number of H-pyrrole nitrogens is 1. The quantitative estimate of drug-likeness (QED) is 0.750. The van der Waals surface area contributed by atoms with Crippen LogP contribution >= 0.6 is 11.3 Å². The summed E-state index contributed by atoms with van der Waals surface area (Å²) in [6.07, 6.45) is 1.60. The van der Waals surface area contributed by atoms with Gasteiger partial charge in [-0.2, -0.15) is 0 Å². The van der Waals surface area contributed by atoms with E-state index >= 15 is 0 Å². The predicted molar refractivity (Wildman–Crippen MR) is 65.7 cm³/mol. The van der Waals surface area contributed by atoms with E-state index in [-0.39, 0.29) is 4.87 Å². The topological polar surface area (TPSA) is 83.8 Å². The zero-order chi connectivity index (χ0) is 11.5. The molecule has 0 aliphatic rings. The number of hydrogen-bond donors (Lipinski definition) is 3. The van der Waals surface area contributed by atoms with Crippen LogP contribution in [0.4, 0.5) is 11.5 Å². The second kappa shape index (κ2) is 4.36. The van der Waals surface area contributed by atoms with E-state index < -0.39 is 0 Å². The molecule has 0 aromatic carbocycles. The standard InChI is InChI=1S/C10H12N4OS/c1-6-2-7(11)3-12-9(6)13-4-8-5-16-10(15)14-8/h2-3,5H,4,11H2,1H3,(H,12,13)(H,14,15). The first-order valence-corrected chi connectivity index (χ1v) is 5.66. The number of aromatic nitrogens is 2. The van der Waals surface area contributed by atoms with Gasteiger partial charge in [-0.1, -0.05) is 11.3 Å². The van der Waals surface area contributed by atoms with E-state index in [0.717, 1.165) is 28.4 Å². The fraction of sp³-hybridized carbons (Fsp3) is 0.200. The van der Waals surface area contributed by atoms with Crippen molar-refractivity contribution in [3.63, 3.8) is 0 Å². The maximum atomic E-state index is 10.9. The maximum Gasteiger partial charge on any atom is 0.304 e. The van der Waals surface area contributed by atoms with Gasteiger partial charge >= 0.3 is 4.87 Å². The van der Waals surface area contributed by atoms with E-state index in [2.05, 4.69) is 15.3 Å². The highest BCUT2D eigenvalue weighted by molar-refractivity contribution is 7.07. The molecular formula is C10H12N4OS. The number of hydrogen-bond acceptors (Lipinski definition) is 5. The Labute approximate surface area is 96.3 Å². The lowest BCUT2D eigenvalue weighted by Crippen LogP contribution is -2.05. The van der Waals surface area contributed by atoms with Crippen LogP contribution in [0.2, 0.25) is 0 Å². The lowest BCUT2D eigenvalue weighted by atomic mass is 10.2. The fourth-order valence-electron chi connectivity index (χ4n) is 1.36.